The van der Waals surface area contributed by atoms with Crippen LogP contribution in [-0.2, 0) is 9.84 Å². The molecular formula is C23H28N8O3S. The molecule has 1 fully saturated rings. The molecule has 1 N–H and O–H groups in total. The van der Waals surface area contributed by atoms with Crippen molar-refractivity contribution in [2.24, 2.45) is 0 Å². The summed E-state index contributed by atoms with van der Waals surface area (Å²) < 4.78 is 31.1. The summed E-state index contributed by atoms with van der Waals surface area (Å²) in [4.78, 5) is 10.9. The molecule has 184 valence electrons. The number of nitrogens with one attached hydrogen (secondary N) is 1. The highest BCUT2D eigenvalue weighted by atomic mass is 32.2. The highest BCUT2D eigenvalue weighted by Gasteiger charge is 2.27. The number of nitrogens with zero attached hydrogens (tertiary/aromatic N) is 7. The maximum atomic E-state index is 11.8. The Bertz CT molecular complexity index is 1470. The van der Waals surface area contributed by atoms with Crippen LogP contribution in [0.25, 0.3) is 5.65 Å². The maximum absolute atomic E-state index is 11.8. The lowest BCUT2D eigenvalue weighted by Crippen LogP contribution is -2.33. The van der Waals surface area contributed by atoms with Crippen LogP contribution in [-0.4, -0.2) is 57.5 Å². The Kier molecular flexibility index (Phi) is 5.91. The monoisotopic (exact) mass is 496 g/mol. The van der Waals surface area contributed by atoms with E-state index in [4.69, 9.17) is 4.52 Å². The van der Waals surface area contributed by atoms with Gasteiger partial charge in [0.05, 0.1) is 17.1 Å². The lowest BCUT2D eigenvalue weighted by molar-refractivity contribution is 0.384. The third-order valence-corrected chi connectivity index (χ3v) is 7.24. The molecule has 0 bridgehead atoms. The number of fused-ring (bicyclic) bond motifs is 1. The van der Waals surface area contributed by atoms with Crippen LogP contribution in [0.15, 0.2) is 40.0 Å². The Morgan fingerprint density at radius 3 is 2.51 bits per heavy atom. The third kappa shape index (κ3) is 4.57. The van der Waals surface area contributed by atoms with E-state index in [2.05, 4.69) is 35.5 Å². The summed E-state index contributed by atoms with van der Waals surface area (Å²) in [6, 6.07) is 7.66. The fourth-order valence-electron chi connectivity index (χ4n) is 4.25. The minimum Gasteiger partial charge on any atom is -0.351 e. The van der Waals surface area contributed by atoms with Gasteiger partial charge >= 0.3 is 6.01 Å². The van der Waals surface area contributed by atoms with Crippen LogP contribution in [0.4, 0.5) is 17.4 Å². The highest BCUT2D eigenvalue weighted by Crippen LogP contribution is 2.31. The van der Waals surface area contributed by atoms with E-state index in [-0.39, 0.29) is 16.9 Å². The van der Waals surface area contributed by atoms with Crippen molar-refractivity contribution in [3.8, 4) is 0 Å². The van der Waals surface area contributed by atoms with Crippen molar-refractivity contribution in [1.29, 1.82) is 0 Å². The van der Waals surface area contributed by atoms with Gasteiger partial charge in [-0.25, -0.2) is 13.4 Å². The zero-order valence-corrected chi connectivity index (χ0v) is 20.9. The molecule has 1 saturated heterocycles. The predicted molar refractivity (Wildman–Crippen MR) is 131 cm³/mol. The molecule has 0 aliphatic carbocycles. The van der Waals surface area contributed by atoms with Crippen LogP contribution in [0.3, 0.4) is 0 Å². The van der Waals surface area contributed by atoms with Crippen molar-refractivity contribution < 1.29 is 12.9 Å². The second-order valence-corrected chi connectivity index (χ2v) is 11.2. The molecule has 4 aromatic rings. The Morgan fingerprint density at radius 1 is 1.09 bits per heavy atom. The topological polar surface area (TPSA) is 131 Å². The van der Waals surface area contributed by atoms with E-state index < -0.39 is 9.84 Å². The van der Waals surface area contributed by atoms with Gasteiger partial charge in [0.15, 0.2) is 26.3 Å². The second-order valence-electron chi connectivity index (χ2n) is 9.20. The number of anilines is 3. The summed E-state index contributed by atoms with van der Waals surface area (Å²) in [6.07, 6.45) is 4.91. The third-order valence-electron chi connectivity index (χ3n) is 6.25. The van der Waals surface area contributed by atoms with E-state index in [0.717, 1.165) is 49.5 Å². The van der Waals surface area contributed by atoms with Crippen molar-refractivity contribution in [3.63, 3.8) is 0 Å². The van der Waals surface area contributed by atoms with Crippen LogP contribution >= 0.6 is 0 Å². The highest BCUT2D eigenvalue weighted by molar-refractivity contribution is 7.90. The largest absolute Gasteiger partial charge is 0.351 e. The zero-order valence-electron chi connectivity index (χ0n) is 20.1. The molecule has 0 radical (unpaired) electrons. The molecule has 5 rings (SSSR count). The molecule has 11 nitrogen and oxygen atoms in total. The fraction of sp³-hybridized carbons (Fsp3) is 0.435. The quantitative estimate of drug-likeness (QED) is 0.423. The van der Waals surface area contributed by atoms with Crippen molar-refractivity contribution in [3.05, 3.63) is 47.8 Å². The van der Waals surface area contributed by atoms with E-state index in [1.807, 2.05) is 36.6 Å². The fourth-order valence-corrected chi connectivity index (χ4v) is 4.87. The molecule has 0 spiro atoms. The molecule has 0 aromatic carbocycles. The number of rotatable bonds is 6. The molecule has 0 saturated carbocycles. The van der Waals surface area contributed by atoms with Crippen LogP contribution in [0.2, 0.25) is 0 Å². The Morgan fingerprint density at radius 2 is 1.86 bits per heavy atom. The summed E-state index contributed by atoms with van der Waals surface area (Å²) in [6.45, 7) is 7.46. The van der Waals surface area contributed by atoms with Gasteiger partial charge in [0, 0.05) is 37.4 Å². The summed E-state index contributed by atoms with van der Waals surface area (Å²) in [5, 5.41) is 16.4. The first-order valence-corrected chi connectivity index (χ1v) is 13.5. The average Bonchev–Trinajstić information content (AvgIpc) is 3.48. The first-order chi connectivity index (χ1) is 16.7. The number of hydrogen-bond donors (Lipinski definition) is 1. The Balaban J connectivity index is 1.34. The second kappa shape index (κ2) is 8.91. The van der Waals surface area contributed by atoms with Gasteiger partial charge in [0.25, 0.3) is 0 Å². The van der Waals surface area contributed by atoms with E-state index in [1.165, 1.54) is 6.07 Å². The minimum atomic E-state index is -3.37. The number of piperidine rings is 1. The van der Waals surface area contributed by atoms with E-state index in [0.29, 0.717) is 23.0 Å². The van der Waals surface area contributed by atoms with Crippen molar-refractivity contribution in [2.45, 2.75) is 50.5 Å². The van der Waals surface area contributed by atoms with Gasteiger partial charge in [-0.05, 0) is 44.0 Å². The molecule has 0 unspecified atom stereocenters. The number of aromatic nitrogens is 6. The van der Waals surface area contributed by atoms with Gasteiger partial charge in [-0.3, -0.25) is 4.40 Å². The zero-order chi connectivity index (χ0) is 24.7. The SMILES string of the molecule is Cc1nc(S(C)(=O)=O)ccc1Nc1cccn2c(C3CCN(c4nc(C(C)C)no4)CC3)nnc12. The molecular weight excluding hydrogens is 468 g/mol. The molecule has 0 amide bonds. The number of pyridine rings is 2. The van der Waals surface area contributed by atoms with E-state index in [9.17, 15) is 8.42 Å². The molecule has 4 aromatic heterocycles. The Hall–Kier alpha value is -3.54. The van der Waals surface area contributed by atoms with Crippen LogP contribution in [0.5, 0.6) is 0 Å². The number of hydrogen-bond acceptors (Lipinski definition) is 10. The minimum absolute atomic E-state index is 0.0517. The average molecular weight is 497 g/mol. The van der Waals surface area contributed by atoms with Gasteiger partial charge in [0.1, 0.15) is 5.82 Å². The smallest absolute Gasteiger partial charge is 0.324 e. The molecule has 1 aliphatic rings. The van der Waals surface area contributed by atoms with Gasteiger partial charge < -0.3 is 14.7 Å². The first kappa shape index (κ1) is 23.2. The van der Waals surface area contributed by atoms with Gasteiger partial charge in [0.2, 0.25) is 0 Å². The molecule has 1 aliphatic heterocycles. The van der Waals surface area contributed by atoms with Crippen molar-refractivity contribution >= 4 is 32.9 Å². The van der Waals surface area contributed by atoms with E-state index in [1.54, 1.807) is 13.0 Å². The first-order valence-electron chi connectivity index (χ1n) is 11.6. The summed E-state index contributed by atoms with van der Waals surface area (Å²) in [7, 11) is -3.37. The molecule has 35 heavy (non-hydrogen) atoms. The van der Waals surface area contributed by atoms with Crippen LogP contribution in [0.1, 0.15) is 55.9 Å². The van der Waals surface area contributed by atoms with Crippen molar-refractivity contribution in [1.82, 2.24) is 29.7 Å². The van der Waals surface area contributed by atoms with Gasteiger partial charge in [-0.1, -0.05) is 19.0 Å². The summed E-state index contributed by atoms with van der Waals surface area (Å²) >= 11 is 0. The lowest BCUT2D eigenvalue weighted by Gasteiger charge is -2.29. The van der Waals surface area contributed by atoms with Crippen LogP contribution in [0, 0.1) is 6.92 Å². The summed E-state index contributed by atoms with van der Waals surface area (Å²) in [5.41, 5.74) is 2.77. The Labute approximate surface area is 203 Å². The lowest BCUT2D eigenvalue weighted by atomic mass is 9.96. The molecule has 0 atom stereocenters. The van der Waals surface area contributed by atoms with Gasteiger partial charge in [-0.2, -0.15) is 4.98 Å². The van der Waals surface area contributed by atoms with Crippen molar-refractivity contribution in [2.75, 3.05) is 29.6 Å². The number of sulfone groups is 1. The van der Waals surface area contributed by atoms with Crippen LogP contribution < -0.4 is 10.2 Å². The standard InChI is InChI=1S/C23H28N8O3S/c1-14(2)20-26-23(34-29-20)30-12-9-16(10-13-30)21-27-28-22-18(6-5-11-31(21)22)25-17-7-8-19(24-15(17)3)35(4,32)33/h5-8,11,14,16,25H,9-10,12-13H2,1-4H3. The molecule has 12 heteroatoms. The maximum Gasteiger partial charge on any atom is 0.324 e. The summed E-state index contributed by atoms with van der Waals surface area (Å²) in [5.74, 6) is 2.12. The molecule has 5 heterocycles. The number of aryl methyl sites for hydroxylation is 1. The predicted octanol–water partition coefficient (Wildman–Crippen LogP) is 3.47. The normalized spacial score (nSPS) is 15.3. The van der Waals surface area contributed by atoms with E-state index >= 15 is 0 Å². The van der Waals surface area contributed by atoms with Gasteiger partial charge in [-0.15, -0.1) is 10.2 Å².